The molecule has 1 aromatic rings. The zero-order valence-corrected chi connectivity index (χ0v) is 12.9. The second-order valence-electron chi connectivity index (χ2n) is 5.98. The van der Waals surface area contributed by atoms with Gasteiger partial charge in [-0.15, -0.1) is 0 Å². The van der Waals surface area contributed by atoms with Gasteiger partial charge in [-0.3, -0.25) is 0 Å². The number of benzene rings is 1. The van der Waals surface area contributed by atoms with Gasteiger partial charge in [0.2, 0.25) is 0 Å². The van der Waals surface area contributed by atoms with Crippen LogP contribution in [0, 0.1) is 0 Å². The monoisotopic (exact) mass is 275 g/mol. The maximum Gasteiger partial charge on any atom is 0.122 e. The van der Waals surface area contributed by atoms with Crippen molar-refractivity contribution in [2.24, 2.45) is 5.73 Å². The number of hydrogen-bond acceptors (Lipinski definition) is 2. The fraction of sp³-hybridized carbons (Fsp3) is 0.667. The molecule has 2 heteroatoms. The molecule has 2 nitrogen and oxygen atoms in total. The molecule has 1 aliphatic rings. The summed E-state index contributed by atoms with van der Waals surface area (Å²) in [7, 11) is 0. The van der Waals surface area contributed by atoms with Crippen LogP contribution < -0.4 is 10.5 Å². The van der Waals surface area contributed by atoms with Crippen molar-refractivity contribution in [3.05, 3.63) is 29.3 Å². The molecule has 0 fully saturated rings. The largest absolute Gasteiger partial charge is 0.493 e. The van der Waals surface area contributed by atoms with Crippen LogP contribution in [-0.4, -0.2) is 6.61 Å². The van der Waals surface area contributed by atoms with Crippen molar-refractivity contribution in [3.8, 4) is 5.75 Å². The van der Waals surface area contributed by atoms with Gasteiger partial charge in [-0.2, -0.15) is 0 Å². The lowest BCUT2D eigenvalue weighted by Gasteiger charge is -2.13. The maximum atomic E-state index is 6.31. The number of hydrogen-bond donors (Lipinski definition) is 1. The molecule has 1 aromatic carbocycles. The first-order valence-electron chi connectivity index (χ1n) is 8.32. The Balaban J connectivity index is 1.66. The van der Waals surface area contributed by atoms with Crippen molar-refractivity contribution in [2.45, 2.75) is 70.8 Å². The Kier molecular flexibility index (Phi) is 6.38. The summed E-state index contributed by atoms with van der Waals surface area (Å²) in [5.41, 5.74) is 8.92. The van der Waals surface area contributed by atoms with Gasteiger partial charge in [-0.25, -0.2) is 0 Å². The SMILES string of the molecule is CCCCCCCCCC(N)c1ccc2c(c1)CCO2. The molecule has 0 aromatic heterocycles. The molecule has 1 atom stereocenters. The van der Waals surface area contributed by atoms with Gasteiger partial charge in [0.25, 0.3) is 0 Å². The molecule has 0 saturated heterocycles. The number of ether oxygens (including phenoxy) is 1. The quantitative estimate of drug-likeness (QED) is 0.659. The summed E-state index contributed by atoms with van der Waals surface area (Å²) in [6.45, 7) is 3.09. The third kappa shape index (κ3) is 4.52. The molecule has 0 bridgehead atoms. The van der Waals surface area contributed by atoms with E-state index in [1.165, 1.54) is 56.1 Å². The van der Waals surface area contributed by atoms with Crippen molar-refractivity contribution in [2.75, 3.05) is 6.61 Å². The van der Waals surface area contributed by atoms with Crippen LogP contribution >= 0.6 is 0 Å². The van der Waals surface area contributed by atoms with Crippen LogP contribution in [0.1, 0.15) is 75.5 Å². The average Bonchev–Trinajstić information content (AvgIpc) is 2.93. The second-order valence-corrected chi connectivity index (χ2v) is 5.98. The lowest BCUT2D eigenvalue weighted by atomic mass is 9.98. The zero-order chi connectivity index (χ0) is 14.2. The zero-order valence-electron chi connectivity index (χ0n) is 12.9. The smallest absolute Gasteiger partial charge is 0.122 e. The molecule has 1 heterocycles. The normalized spacial score (nSPS) is 14.9. The summed E-state index contributed by atoms with van der Waals surface area (Å²) >= 11 is 0. The lowest BCUT2D eigenvalue weighted by molar-refractivity contribution is 0.357. The van der Waals surface area contributed by atoms with E-state index >= 15 is 0 Å². The molecule has 0 aliphatic carbocycles. The van der Waals surface area contributed by atoms with Crippen molar-refractivity contribution < 1.29 is 4.74 Å². The minimum Gasteiger partial charge on any atom is -0.493 e. The van der Waals surface area contributed by atoms with Crippen molar-refractivity contribution in [1.29, 1.82) is 0 Å². The van der Waals surface area contributed by atoms with E-state index < -0.39 is 0 Å². The third-order valence-electron chi connectivity index (χ3n) is 4.26. The summed E-state index contributed by atoms with van der Waals surface area (Å²) in [5, 5.41) is 0. The summed E-state index contributed by atoms with van der Waals surface area (Å²) in [6, 6.07) is 6.66. The van der Waals surface area contributed by atoms with Gasteiger partial charge < -0.3 is 10.5 Å². The van der Waals surface area contributed by atoms with E-state index in [0.29, 0.717) is 0 Å². The van der Waals surface area contributed by atoms with Gasteiger partial charge in [0, 0.05) is 12.5 Å². The van der Waals surface area contributed by atoms with Gasteiger partial charge in [0.05, 0.1) is 6.61 Å². The highest BCUT2D eigenvalue weighted by Crippen LogP contribution is 2.29. The fourth-order valence-corrected chi connectivity index (χ4v) is 2.93. The minimum atomic E-state index is 0.191. The van der Waals surface area contributed by atoms with Crippen LogP contribution in [0.15, 0.2) is 18.2 Å². The van der Waals surface area contributed by atoms with Crippen LogP contribution in [0.3, 0.4) is 0 Å². The van der Waals surface area contributed by atoms with Crippen LogP contribution in [0.4, 0.5) is 0 Å². The summed E-state index contributed by atoms with van der Waals surface area (Å²) in [4.78, 5) is 0. The van der Waals surface area contributed by atoms with E-state index in [9.17, 15) is 0 Å². The highest BCUT2D eigenvalue weighted by molar-refractivity contribution is 5.40. The van der Waals surface area contributed by atoms with Crippen molar-refractivity contribution in [1.82, 2.24) is 0 Å². The Morgan fingerprint density at radius 3 is 2.65 bits per heavy atom. The molecular formula is C18H29NO. The molecule has 1 unspecified atom stereocenters. The topological polar surface area (TPSA) is 35.2 Å². The van der Waals surface area contributed by atoms with E-state index in [2.05, 4.69) is 25.1 Å². The third-order valence-corrected chi connectivity index (χ3v) is 4.26. The Bertz CT molecular complexity index is 402. The minimum absolute atomic E-state index is 0.191. The molecule has 2 N–H and O–H groups in total. The molecule has 0 spiro atoms. The number of nitrogens with two attached hydrogens (primary N) is 1. The highest BCUT2D eigenvalue weighted by Gasteiger charge is 2.14. The van der Waals surface area contributed by atoms with Crippen LogP contribution in [0.25, 0.3) is 0 Å². The number of unbranched alkanes of at least 4 members (excludes halogenated alkanes) is 6. The number of fused-ring (bicyclic) bond motifs is 1. The molecule has 2 rings (SSSR count). The van der Waals surface area contributed by atoms with Crippen molar-refractivity contribution >= 4 is 0 Å². The Labute approximate surface area is 123 Å². The van der Waals surface area contributed by atoms with Gasteiger partial charge in [0.15, 0.2) is 0 Å². The van der Waals surface area contributed by atoms with Gasteiger partial charge in [-0.1, -0.05) is 64.0 Å². The predicted molar refractivity (Wildman–Crippen MR) is 85.2 cm³/mol. The fourth-order valence-electron chi connectivity index (χ4n) is 2.93. The molecule has 0 radical (unpaired) electrons. The van der Waals surface area contributed by atoms with E-state index in [4.69, 9.17) is 10.5 Å². The first kappa shape index (κ1) is 15.4. The van der Waals surface area contributed by atoms with Crippen LogP contribution in [0.2, 0.25) is 0 Å². The Hall–Kier alpha value is -1.02. The van der Waals surface area contributed by atoms with Crippen LogP contribution in [-0.2, 0) is 6.42 Å². The van der Waals surface area contributed by atoms with Gasteiger partial charge in [0.1, 0.15) is 5.75 Å². The van der Waals surface area contributed by atoms with E-state index in [1.807, 2.05) is 0 Å². The van der Waals surface area contributed by atoms with Crippen molar-refractivity contribution in [3.63, 3.8) is 0 Å². The second kappa shape index (κ2) is 8.31. The van der Waals surface area contributed by atoms with E-state index in [1.54, 1.807) is 0 Å². The Morgan fingerprint density at radius 2 is 1.85 bits per heavy atom. The number of rotatable bonds is 9. The van der Waals surface area contributed by atoms with Crippen LogP contribution in [0.5, 0.6) is 5.75 Å². The molecular weight excluding hydrogens is 246 g/mol. The summed E-state index contributed by atoms with van der Waals surface area (Å²) in [5.74, 6) is 1.05. The summed E-state index contributed by atoms with van der Waals surface area (Å²) in [6.07, 6.45) is 11.6. The van der Waals surface area contributed by atoms with Gasteiger partial charge >= 0.3 is 0 Å². The lowest BCUT2D eigenvalue weighted by Crippen LogP contribution is -2.10. The maximum absolute atomic E-state index is 6.31. The van der Waals surface area contributed by atoms with E-state index in [-0.39, 0.29) is 6.04 Å². The molecule has 112 valence electrons. The standard InChI is InChI=1S/C18H29NO/c1-2-3-4-5-6-7-8-9-17(19)15-10-11-18-16(14-15)12-13-20-18/h10-11,14,17H,2-9,12-13,19H2,1H3. The molecule has 20 heavy (non-hydrogen) atoms. The van der Waals surface area contributed by atoms with E-state index in [0.717, 1.165) is 25.2 Å². The summed E-state index contributed by atoms with van der Waals surface area (Å²) < 4.78 is 5.54. The highest BCUT2D eigenvalue weighted by atomic mass is 16.5. The first-order valence-corrected chi connectivity index (χ1v) is 8.32. The molecule has 1 aliphatic heterocycles. The van der Waals surface area contributed by atoms with Gasteiger partial charge in [-0.05, 0) is 23.6 Å². The Morgan fingerprint density at radius 1 is 1.10 bits per heavy atom. The predicted octanol–water partition coefficient (Wildman–Crippen LogP) is 4.76. The average molecular weight is 275 g/mol. The molecule has 0 saturated carbocycles. The molecule has 0 amide bonds. The first-order chi connectivity index (χ1) is 9.81.